The monoisotopic (exact) mass is 256 g/mol. The van der Waals surface area contributed by atoms with Crippen LogP contribution in [0.5, 0.6) is 5.75 Å². The van der Waals surface area contributed by atoms with E-state index in [2.05, 4.69) is 27.9 Å². The van der Waals surface area contributed by atoms with Crippen molar-refractivity contribution in [3.63, 3.8) is 0 Å². The van der Waals surface area contributed by atoms with Gasteiger partial charge < -0.3 is 14.6 Å². The van der Waals surface area contributed by atoms with Crippen molar-refractivity contribution in [3.05, 3.63) is 42.0 Å². The summed E-state index contributed by atoms with van der Waals surface area (Å²) in [6.07, 6.45) is 3.61. The number of nitrogens with one attached hydrogen (secondary N) is 1. The lowest BCUT2D eigenvalue weighted by atomic mass is 10.1. The van der Waals surface area contributed by atoms with Crippen molar-refractivity contribution in [1.82, 2.24) is 9.55 Å². The van der Waals surface area contributed by atoms with Gasteiger partial charge in [0.15, 0.2) is 0 Å². The van der Waals surface area contributed by atoms with E-state index in [1.165, 1.54) is 0 Å². The molecule has 0 aliphatic carbocycles. The van der Waals surface area contributed by atoms with E-state index in [0.717, 1.165) is 17.9 Å². The van der Waals surface area contributed by atoms with Crippen LogP contribution in [0.25, 0.3) is 0 Å². The maximum atomic E-state index is 9.13. The molecule has 0 unspecified atom stereocenters. The summed E-state index contributed by atoms with van der Waals surface area (Å²) in [4.78, 5) is 4.12. The summed E-state index contributed by atoms with van der Waals surface area (Å²) in [5, 5.41) is 12.4. The van der Waals surface area contributed by atoms with E-state index in [-0.39, 0.29) is 0 Å². The molecule has 0 aliphatic heterocycles. The first-order valence-corrected chi connectivity index (χ1v) is 6.10. The van der Waals surface area contributed by atoms with Gasteiger partial charge in [0.2, 0.25) is 0 Å². The Morgan fingerprint density at radius 2 is 2.32 bits per heavy atom. The van der Waals surface area contributed by atoms with Crippen LogP contribution in [0, 0.1) is 11.3 Å². The Morgan fingerprint density at radius 3 is 3.00 bits per heavy atom. The average molecular weight is 256 g/mol. The zero-order chi connectivity index (χ0) is 13.7. The highest BCUT2D eigenvalue weighted by Gasteiger charge is 2.09. The van der Waals surface area contributed by atoms with Crippen LogP contribution in [0.4, 0.5) is 5.69 Å². The number of imidazole rings is 1. The molecule has 0 atom stereocenters. The van der Waals surface area contributed by atoms with Crippen molar-refractivity contribution in [3.8, 4) is 11.8 Å². The lowest BCUT2D eigenvalue weighted by Crippen LogP contribution is -2.07. The molecule has 0 radical (unpaired) electrons. The number of aromatic nitrogens is 2. The topological polar surface area (TPSA) is 62.9 Å². The normalized spacial score (nSPS) is 9.95. The summed E-state index contributed by atoms with van der Waals surface area (Å²) in [6.45, 7) is 3.53. The van der Waals surface area contributed by atoms with Crippen LogP contribution < -0.4 is 10.1 Å². The molecule has 5 nitrogen and oxygen atoms in total. The third-order valence-electron chi connectivity index (χ3n) is 2.95. The number of nitrogens with zero attached hydrogens (tertiary/aromatic N) is 3. The molecule has 0 amide bonds. The SMILES string of the molecule is CCn1cncc1CNc1c(C#N)cccc1OC. The molecular weight excluding hydrogens is 240 g/mol. The number of anilines is 1. The summed E-state index contributed by atoms with van der Waals surface area (Å²) >= 11 is 0. The van der Waals surface area contributed by atoms with Gasteiger partial charge in [-0.15, -0.1) is 0 Å². The third-order valence-corrected chi connectivity index (χ3v) is 2.95. The van der Waals surface area contributed by atoms with Crippen LogP contribution in [0.2, 0.25) is 0 Å². The molecule has 0 aliphatic rings. The van der Waals surface area contributed by atoms with E-state index in [9.17, 15) is 0 Å². The molecule has 19 heavy (non-hydrogen) atoms. The third kappa shape index (κ3) is 2.68. The van der Waals surface area contributed by atoms with E-state index >= 15 is 0 Å². The molecule has 98 valence electrons. The minimum Gasteiger partial charge on any atom is -0.495 e. The van der Waals surface area contributed by atoms with Crippen LogP contribution in [0.3, 0.4) is 0 Å². The van der Waals surface area contributed by atoms with Gasteiger partial charge in [0.05, 0.1) is 36.9 Å². The minimum atomic E-state index is 0.571. The quantitative estimate of drug-likeness (QED) is 0.892. The van der Waals surface area contributed by atoms with Gasteiger partial charge in [0.1, 0.15) is 11.8 Å². The number of hydrogen-bond donors (Lipinski definition) is 1. The number of para-hydroxylation sites is 1. The van der Waals surface area contributed by atoms with Crippen molar-refractivity contribution in [2.24, 2.45) is 0 Å². The summed E-state index contributed by atoms with van der Waals surface area (Å²) in [5.41, 5.74) is 2.36. The highest BCUT2D eigenvalue weighted by molar-refractivity contribution is 5.66. The highest BCUT2D eigenvalue weighted by Crippen LogP contribution is 2.28. The minimum absolute atomic E-state index is 0.571. The first-order chi connectivity index (χ1) is 9.30. The van der Waals surface area contributed by atoms with E-state index in [1.807, 2.05) is 12.3 Å². The fraction of sp³-hybridized carbons (Fsp3) is 0.286. The molecule has 1 aromatic heterocycles. The molecule has 0 saturated heterocycles. The Labute approximate surface area is 112 Å². The Hall–Kier alpha value is -2.48. The Morgan fingerprint density at radius 1 is 1.47 bits per heavy atom. The maximum absolute atomic E-state index is 9.13. The van der Waals surface area contributed by atoms with Gasteiger partial charge >= 0.3 is 0 Å². The number of benzene rings is 1. The summed E-state index contributed by atoms with van der Waals surface area (Å²) < 4.78 is 7.33. The smallest absolute Gasteiger partial charge is 0.143 e. The number of aryl methyl sites for hydroxylation is 1. The molecule has 1 heterocycles. The van der Waals surface area contributed by atoms with Gasteiger partial charge in [-0.1, -0.05) is 6.07 Å². The molecule has 2 rings (SSSR count). The van der Waals surface area contributed by atoms with Gasteiger partial charge in [-0.05, 0) is 19.1 Å². The Bertz CT molecular complexity index is 598. The number of nitriles is 1. The second kappa shape index (κ2) is 5.91. The van der Waals surface area contributed by atoms with Crippen molar-refractivity contribution >= 4 is 5.69 Å². The fourth-order valence-electron chi connectivity index (χ4n) is 1.94. The van der Waals surface area contributed by atoms with E-state index in [0.29, 0.717) is 17.9 Å². The zero-order valence-corrected chi connectivity index (χ0v) is 11.1. The van der Waals surface area contributed by atoms with Crippen molar-refractivity contribution < 1.29 is 4.74 Å². The first kappa shape index (κ1) is 13.0. The van der Waals surface area contributed by atoms with Crippen LogP contribution in [-0.2, 0) is 13.1 Å². The second-order valence-corrected chi connectivity index (χ2v) is 4.02. The Kier molecular flexibility index (Phi) is 4.04. The lowest BCUT2D eigenvalue weighted by molar-refractivity contribution is 0.416. The fourth-order valence-corrected chi connectivity index (χ4v) is 1.94. The number of rotatable bonds is 5. The molecule has 1 N–H and O–H groups in total. The average Bonchev–Trinajstić information content (AvgIpc) is 2.91. The van der Waals surface area contributed by atoms with E-state index in [1.54, 1.807) is 25.6 Å². The number of methoxy groups -OCH3 is 1. The van der Waals surface area contributed by atoms with E-state index in [4.69, 9.17) is 10.00 Å². The first-order valence-electron chi connectivity index (χ1n) is 6.10. The van der Waals surface area contributed by atoms with Crippen molar-refractivity contribution in [2.45, 2.75) is 20.0 Å². The number of ether oxygens (including phenoxy) is 1. The van der Waals surface area contributed by atoms with E-state index < -0.39 is 0 Å². The molecule has 0 spiro atoms. The highest BCUT2D eigenvalue weighted by atomic mass is 16.5. The lowest BCUT2D eigenvalue weighted by Gasteiger charge is -2.13. The van der Waals surface area contributed by atoms with Crippen LogP contribution >= 0.6 is 0 Å². The predicted molar refractivity (Wildman–Crippen MR) is 72.9 cm³/mol. The van der Waals surface area contributed by atoms with Gasteiger partial charge in [0.25, 0.3) is 0 Å². The summed E-state index contributed by atoms with van der Waals surface area (Å²) in [7, 11) is 1.60. The van der Waals surface area contributed by atoms with Crippen LogP contribution in [-0.4, -0.2) is 16.7 Å². The van der Waals surface area contributed by atoms with Crippen molar-refractivity contribution in [1.29, 1.82) is 5.26 Å². The van der Waals surface area contributed by atoms with Gasteiger partial charge in [-0.25, -0.2) is 4.98 Å². The standard InChI is InChI=1S/C14H16N4O/c1-3-18-10-16-8-12(18)9-17-14-11(7-15)5-4-6-13(14)19-2/h4-6,8,10,17H,3,9H2,1-2H3. The summed E-state index contributed by atoms with van der Waals surface area (Å²) in [6, 6.07) is 7.57. The molecule has 2 aromatic rings. The molecule has 0 bridgehead atoms. The molecule has 5 heteroatoms. The van der Waals surface area contributed by atoms with Gasteiger partial charge in [0, 0.05) is 12.7 Å². The zero-order valence-electron chi connectivity index (χ0n) is 11.1. The van der Waals surface area contributed by atoms with Gasteiger partial charge in [-0.2, -0.15) is 5.26 Å². The largest absolute Gasteiger partial charge is 0.495 e. The van der Waals surface area contributed by atoms with Crippen LogP contribution in [0.1, 0.15) is 18.2 Å². The molecular formula is C14H16N4O. The van der Waals surface area contributed by atoms with Gasteiger partial charge in [-0.3, -0.25) is 0 Å². The molecule has 0 fully saturated rings. The molecule has 1 aromatic carbocycles. The predicted octanol–water partition coefficient (Wildman–Crippen LogP) is 2.40. The van der Waals surface area contributed by atoms with Crippen molar-refractivity contribution in [2.75, 3.05) is 12.4 Å². The summed E-state index contributed by atoms with van der Waals surface area (Å²) in [5.74, 6) is 0.668. The Balaban J connectivity index is 2.22. The maximum Gasteiger partial charge on any atom is 0.143 e. The van der Waals surface area contributed by atoms with Crippen LogP contribution in [0.15, 0.2) is 30.7 Å². The molecule has 0 saturated carbocycles. The second-order valence-electron chi connectivity index (χ2n) is 4.02. The number of hydrogen-bond acceptors (Lipinski definition) is 4.